The van der Waals surface area contributed by atoms with Crippen molar-refractivity contribution in [2.45, 2.75) is 44.9 Å². The number of carbonyl (C=O) groups excluding carboxylic acids is 1. The van der Waals surface area contributed by atoms with Gasteiger partial charge in [-0.15, -0.1) is 0 Å². The average Bonchev–Trinajstić information content (AvgIpc) is 2.45. The second-order valence-corrected chi connectivity index (χ2v) is 6.66. The smallest absolute Gasteiger partial charge is 0.410 e. The van der Waals surface area contributed by atoms with E-state index in [2.05, 4.69) is 11.8 Å². The highest BCUT2D eigenvalue weighted by Gasteiger charge is 2.35. The van der Waals surface area contributed by atoms with E-state index >= 15 is 0 Å². The molecule has 2 rings (SSSR count). The molecule has 1 aromatic carbocycles. The van der Waals surface area contributed by atoms with Crippen LogP contribution in [-0.2, 0) is 4.74 Å². The van der Waals surface area contributed by atoms with E-state index in [1.165, 1.54) is 17.0 Å². The fourth-order valence-electron chi connectivity index (χ4n) is 2.24. The Kier molecular flexibility index (Phi) is 4.93. The summed E-state index contributed by atoms with van der Waals surface area (Å²) in [4.78, 5) is 13.4. The Morgan fingerprint density at radius 1 is 1.26 bits per heavy atom. The third-order valence-corrected chi connectivity index (χ3v) is 3.50. The lowest BCUT2D eigenvalue weighted by Crippen LogP contribution is -2.45. The maximum Gasteiger partial charge on any atom is 0.410 e. The highest BCUT2D eigenvalue weighted by molar-refractivity contribution is 5.68. The van der Waals surface area contributed by atoms with Crippen LogP contribution in [0.1, 0.15) is 39.2 Å². The Bertz CT molecular complexity index is 632. The summed E-state index contributed by atoms with van der Waals surface area (Å²) >= 11 is 0. The van der Waals surface area contributed by atoms with Crippen LogP contribution in [0.4, 0.5) is 13.6 Å². The van der Waals surface area contributed by atoms with Gasteiger partial charge in [-0.2, -0.15) is 0 Å². The Hall–Kier alpha value is -2.09. The van der Waals surface area contributed by atoms with Gasteiger partial charge in [0.15, 0.2) is 5.67 Å². The lowest BCUT2D eigenvalue weighted by atomic mass is 9.94. The Morgan fingerprint density at radius 3 is 2.43 bits per heavy atom. The molecule has 1 saturated heterocycles. The summed E-state index contributed by atoms with van der Waals surface area (Å²) < 4.78 is 33.5. The van der Waals surface area contributed by atoms with Crippen molar-refractivity contribution in [2.24, 2.45) is 0 Å². The van der Waals surface area contributed by atoms with E-state index in [4.69, 9.17) is 4.74 Å². The molecule has 0 N–H and O–H groups in total. The molecule has 1 aromatic rings. The van der Waals surface area contributed by atoms with Gasteiger partial charge in [0.1, 0.15) is 11.4 Å². The van der Waals surface area contributed by atoms with Gasteiger partial charge in [0, 0.05) is 25.9 Å². The van der Waals surface area contributed by atoms with Crippen molar-refractivity contribution < 1.29 is 18.3 Å². The third-order valence-electron chi connectivity index (χ3n) is 3.50. The minimum atomic E-state index is -1.71. The number of alkyl halides is 1. The molecule has 23 heavy (non-hydrogen) atoms. The van der Waals surface area contributed by atoms with Gasteiger partial charge in [0.2, 0.25) is 0 Å². The molecule has 5 heteroatoms. The zero-order valence-corrected chi connectivity index (χ0v) is 13.7. The molecule has 1 fully saturated rings. The zero-order chi connectivity index (χ0) is 17.1. The first-order chi connectivity index (χ1) is 10.7. The maximum absolute atomic E-state index is 14.7. The first-order valence-corrected chi connectivity index (χ1v) is 7.63. The molecule has 0 spiro atoms. The summed E-state index contributed by atoms with van der Waals surface area (Å²) in [6, 6.07) is 6.02. The predicted octanol–water partition coefficient (Wildman–Crippen LogP) is 3.92. The van der Waals surface area contributed by atoms with Crippen LogP contribution < -0.4 is 0 Å². The van der Waals surface area contributed by atoms with Gasteiger partial charge in [-0.05, 0) is 32.9 Å². The number of rotatable bonds is 0. The molecule has 124 valence electrons. The second kappa shape index (κ2) is 6.57. The molecular formula is C18H21F2NO2. The van der Waals surface area contributed by atoms with Gasteiger partial charge in [-0.3, -0.25) is 0 Å². The third kappa shape index (κ3) is 4.95. The standard InChI is InChI=1S/C18H21F2NO2/c1-17(2,3)23-16(22)21-12-10-18(20,11-13-21)9-8-14-6-4-5-7-15(14)19/h4-7H,10-13H2,1-3H3. The summed E-state index contributed by atoms with van der Waals surface area (Å²) in [5.74, 6) is 4.63. The Morgan fingerprint density at radius 2 is 1.87 bits per heavy atom. The van der Waals surface area contributed by atoms with Crippen molar-refractivity contribution in [3.8, 4) is 11.8 Å². The van der Waals surface area contributed by atoms with E-state index in [9.17, 15) is 13.6 Å². The molecule has 3 nitrogen and oxygen atoms in total. The van der Waals surface area contributed by atoms with Crippen LogP contribution in [-0.4, -0.2) is 35.4 Å². The Labute approximate surface area is 135 Å². The quantitative estimate of drug-likeness (QED) is 0.678. The molecule has 1 aliphatic rings. The highest BCUT2D eigenvalue weighted by Crippen LogP contribution is 2.27. The van der Waals surface area contributed by atoms with Crippen molar-refractivity contribution in [1.82, 2.24) is 4.90 Å². The number of carbonyl (C=O) groups is 1. The number of piperidine rings is 1. The van der Waals surface area contributed by atoms with E-state index in [-0.39, 0.29) is 31.5 Å². The lowest BCUT2D eigenvalue weighted by molar-refractivity contribution is 0.0117. The van der Waals surface area contributed by atoms with Crippen LogP contribution in [0, 0.1) is 17.7 Å². The number of hydrogen-bond acceptors (Lipinski definition) is 2. The minimum Gasteiger partial charge on any atom is -0.444 e. The van der Waals surface area contributed by atoms with Gasteiger partial charge in [-0.1, -0.05) is 24.0 Å². The topological polar surface area (TPSA) is 29.5 Å². The van der Waals surface area contributed by atoms with Crippen LogP contribution in [0.15, 0.2) is 24.3 Å². The summed E-state index contributed by atoms with van der Waals surface area (Å²) in [7, 11) is 0. The van der Waals surface area contributed by atoms with E-state index in [1.807, 2.05) is 0 Å². The second-order valence-electron chi connectivity index (χ2n) is 6.66. The van der Waals surface area contributed by atoms with Gasteiger partial charge in [0.05, 0.1) is 5.56 Å². The fraction of sp³-hybridized carbons (Fsp3) is 0.500. The summed E-state index contributed by atoms with van der Waals surface area (Å²) in [5, 5.41) is 0. The SMILES string of the molecule is CC(C)(C)OC(=O)N1CCC(F)(C#Cc2ccccc2F)CC1. The van der Waals surface area contributed by atoms with Crippen molar-refractivity contribution in [1.29, 1.82) is 0 Å². The molecule has 0 aromatic heterocycles. The minimum absolute atomic E-state index is 0.0910. The van der Waals surface area contributed by atoms with Crippen LogP contribution >= 0.6 is 0 Å². The number of ether oxygens (including phenoxy) is 1. The van der Waals surface area contributed by atoms with Crippen LogP contribution in [0.2, 0.25) is 0 Å². The van der Waals surface area contributed by atoms with Crippen molar-refractivity contribution in [2.75, 3.05) is 13.1 Å². The largest absolute Gasteiger partial charge is 0.444 e. The number of halogens is 2. The first-order valence-electron chi connectivity index (χ1n) is 7.63. The van der Waals surface area contributed by atoms with E-state index in [0.717, 1.165) is 0 Å². The van der Waals surface area contributed by atoms with Gasteiger partial charge < -0.3 is 9.64 Å². The summed E-state index contributed by atoms with van der Waals surface area (Å²) in [6.45, 7) is 5.82. The highest BCUT2D eigenvalue weighted by atomic mass is 19.1. The monoisotopic (exact) mass is 321 g/mol. The van der Waals surface area contributed by atoms with Gasteiger partial charge in [0.25, 0.3) is 0 Å². The maximum atomic E-state index is 14.7. The molecule has 0 radical (unpaired) electrons. The normalized spacial score (nSPS) is 17.2. The van der Waals surface area contributed by atoms with E-state index < -0.39 is 23.2 Å². The molecule has 1 aliphatic heterocycles. The Balaban J connectivity index is 1.98. The molecule has 0 bridgehead atoms. The van der Waals surface area contributed by atoms with Crippen LogP contribution in [0.3, 0.4) is 0 Å². The van der Waals surface area contributed by atoms with Gasteiger partial charge in [-0.25, -0.2) is 13.6 Å². The number of amides is 1. The number of likely N-dealkylation sites (tertiary alicyclic amines) is 1. The van der Waals surface area contributed by atoms with E-state index in [0.29, 0.717) is 0 Å². The number of hydrogen-bond donors (Lipinski definition) is 0. The zero-order valence-electron chi connectivity index (χ0n) is 13.7. The van der Waals surface area contributed by atoms with Crippen molar-refractivity contribution in [3.05, 3.63) is 35.6 Å². The molecule has 0 aliphatic carbocycles. The van der Waals surface area contributed by atoms with Crippen molar-refractivity contribution >= 4 is 6.09 Å². The summed E-state index contributed by atoms with van der Waals surface area (Å²) in [5.41, 5.74) is -2.11. The van der Waals surface area contributed by atoms with Crippen LogP contribution in [0.25, 0.3) is 0 Å². The molecule has 0 unspecified atom stereocenters. The fourth-order valence-corrected chi connectivity index (χ4v) is 2.24. The first kappa shape index (κ1) is 17.3. The average molecular weight is 321 g/mol. The molecule has 0 saturated carbocycles. The molecule has 0 atom stereocenters. The molecule has 1 heterocycles. The van der Waals surface area contributed by atoms with Crippen molar-refractivity contribution in [3.63, 3.8) is 0 Å². The number of benzene rings is 1. The van der Waals surface area contributed by atoms with Gasteiger partial charge >= 0.3 is 6.09 Å². The molecule has 1 amide bonds. The predicted molar refractivity (Wildman–Crippen MR) is 84.2 cm³/mol. The summed E-state index contributed by atoms with van der Waals surface area (Å²) in [6.07, 6.45) is -0.261. The molecular weight excluding hydrogens is 300 g/mol. The lowest BCUT2D eigenvalue weighted by Gasteiger charge is -2.34. The number of nitrogens with zero attached hydrogens (tertiary/aromatic N) is 1. The van der Waals surface area contributed by atoms with Crippen LogP contribution in [0.5, 0.6) is 0 Å². The van der Waals surface area contributed by atoms with E-state index in [1.54, 1.807) is 32.9 Å².